The van der Waals surface area contributed by atoms with Gasteiger partial charge in [-0.3, -0.25) is 4.79 Å². The number of benzene rings is 1. The van der Waals surface area contributed by atoms with Gasteiger partial charge in [0.25, 0.3) is 0 Å². The van der Waals surface area contributed by atoms with Crippen LogP contribution >= 0.6 is 0 Å². The van der Waals surface area contributed by atoms with Crippen molar-refractivity contribution in [3.05, 3.63) is 29.8 Å². The zero-order valence-electron chi connectivity index (χ0n) is 13.5. The van der Waals surface area contributed by atoms with Crippen LogP contribution in [0.1, 0.15) is 19.4 Å². The van der Waals surface area contributed by atoms with Crippen molar-refractivity contribution in [2.75, 3.05) is 26.5 Å². The van der Waals surface area contributed by atoms with Gasteiger partial charge >= 0.3 is 0 Å². The Hall–Kier alpha value is -1.60. The molecule has 0 aromatic heterocycles. The normalized spacial score (nSPS) is 11.7. The minimum atomic E-state index is -3.45. The lowest BCUT2D eigenvalue weighted by Gasteiger charge is -2.20. The summed E-state index contributed by atoms with van der Waals surface area (Å²) in [7, 11) is -1.88. The van der Waals surface area contributed by atoms with Crippen molar-refractivity contribution in [2.45, 2.75) is 26.3 Å². The van der Waals surface area contributed by atoms with Crippen molar-refractivity contribution in [1.82, 2.24) is 9.62 Å². The standard InChI is InChI=1S/C15H24N2O4S/c1-12(2)16-15(18)11-17(22(4,19)20)10-9-13-7-5-6-8-14(13)21-3/h5-8,12H,9-11H2,1-4H3,(H,16,18). The van der Waals surface area contributed by atoms with Gasteiger partial charge in [-0.15, -0.1) is 0 Å². The van der Waals surface area contributed by atoms with Crippen molar-refractivity contribution in [2.24, 2.45) is 0 Å². The predicted molar refractivity (Wildman–Crippen MR) is 86.4 cm³/mol. The molecule has 0 aliphatic rings. The van der Waals surface area contributed by atoms with Crippen molar-refractivity contribution >= 4 is 15.9 Å². The van der Waals surface area contributed by atoms with Crippen LogP contribution in [0, 0.1) is 0 Å². The van der Waals surface area contributed by atoms with Gasteiger partial charge in [0, 0.05) is 12.6 Å². The van der Waals surface area contributed by atoms with Crippen LogP contribution < -0.4 is 10.1 Å². The molecule has 7 heteroatoms. The van der Waals surface area contributed by atoms with Crippen molar-refractivity contribution in [3.63, 3.8) is 0 Å². The number of nitrogens with one attached hydrogen (secondary N) is 1. The third-order valence-electron chi connectivity index (χ3n) is 3.06. The third kappa shape index (κ3) is 6.03. The highest BCUT2D eigenvalue weighted by Gasteiger charge is 2.20. The Morgan fingerprint density at radius 3 is 2.50 bits per heavy atom. The fourth-order valence-corrected chi connectivity index (χ4v) is 2.82. The van der Waals surface area contributed by atoms with E-state index >= 15 is 0 Å². The number of sulfonamides is 1. The summed E-state index contributed by atoms with van der Waals surface area (Å²) in [4.78, 5) is 11.8. The van der Waals surface area contributed by atoms with E-state index < -0.39 is 10.0 Å². The second kappa shape index (κ2) is 8.14. The fourth-order valence-electron chi connectivity index (χ4n) is 2.04. The molecule has 22 heavy (non-hydrogen) atoms. The van der Waals surface area contributed by atoms with Crippen LogP contribution in [0.5, 0.6) is 5.75 Å². The zero-order chi connectivity index (χ0) is 16.8. The summed E-state index contributed by atoms with van der Waals surface area (Å²) in [6.45, 7) is 3.71. The van der Waals surface area contributed by atoms with Crippen LogP contribution in [0.25, 0.3) is 0 Å². The average Bonchev–Trinajstić information content (AvgIpc) is 2.41. The first-order chi connectivity index (χ1) is 10.2. The van der Waals surface area contributed by atoms with E-state index in [2.05, 4.69) is 5.32 Å². The van der Waals surface area contributed by atoms with E-state index in [0.717, 1.165) is 11.8 Å². The lowest BCUT2D eigenvalue weighted by atomic mass is 10.1. The molecule has 124 valence electrons. The summed E-state index contributed by atoms with van der Waals surface area (Å²) in [5, 5.41) is 2.70. The smallest absolute Gasteiger partial charge is 0.235 e. The van der Waals surface area contributed by atoms with Crippen molar-refractivity contribution in [3.8, 4) is 5.75 Å². The summed E-state index contributed by atoms with van der Waals surface area (Å²) < 4.78 is 30.1. The zero-order valence-corrected chi connectivity index (χ0v) is 14.3. The molecule has 0 aliphatic heterocycles. The molecule has 0 saturated carbocycles. The number of nitrogens with zero attached hydrogens (tertiary/aromatic N) is 1. The molecule has 0 radical (unpaired) electrons. The van der Waals surface area contributed by atoms with E-state index in [4.69, 9.17) is 4.74 Å². The number of rotatable bonds is 8. The van der Waals surface area contributed by atoms with Crippen LogP contribution in [0.3, 0.4) is 0 Å². The van der Waals surface area contributed by atoms with Gasteiger partial charge in [-0.05, 0) is 31.9 Å². The molecule has 1 rings (SSSR count). The van der Waals surface area contributed by atoms with E-state index in [1.807, 2.05) is 38.1 Å². The van der Waals surface area contributed by atoms with Gasteiger partial charge in [-0.1, -0.05) is 18.2 Å². The highest BCUT2D eigenvalue weighted by atomic mass is 32.2. The second-order valence-corrected chi connectivity index (χ2v) is 7.36. The number of carbonyl (C=O) groups excluding carboxylic acids is 1. The molecule has 1 aromatic rings. The number of methoxy groups -OCH3 is 1. The minimum absolute atomic E-state index is 0.0249. The van der Waals surface area contributed by atoms with E-state index in [1.54, 1.807) is 7.11 Å². The van der Waals surface area contributed by atoms with E-state index in [0.29, 0.717) is 12.2 Å². The Balaban J connectivity index is 2.76. The van der Waals surface area contributed by atoms with Crippen molar-refractivity contribution in [1.29, 1.82) is 0 Å². The van der Waals surface area contributed by atoms with E-state index in [-0.39, 0.29) is 25.0 Å². The molecule has 0 unspecified atom stereocenters. The molecule has 1 amide bonds. The number of carbonyl (C=O) groups is 1. The van der Waals surface area contributed by atoms with Gasteiger partial charge in [-0.25, -0.2) is 8.42 Å². The van der Waals surface area contributed by atoms with Gasteiger partial charge in [0.2, 0.25) is 15.9 Å². The molecular formula is C15H24N2O4S. The molecule has 0 saturated heterocycles. The Labute approximate surface area is 132 Å². The first kappa shape index (κ1) is 18.4. The summed E-state index contributed by atoms with van der Waals surface area (Å²) in [6.07, 6.45) is 1.59. The van der Waals surface area contributed by atoms with Gasteiger partial charge in [0.15, 0.2) is 0 Å². The SMILES string of the molecule is COc1ccccc1CCN(CC(=O)NC(C)C)S(C)(=O)=O. The highest BCUT2D eigenvalue weighted by molar-refractivity contribution is 7.88. The molecule has 1 aromatic carbocycles. The maximum Gasteiger partial charge on any atom is 0.235 e. The molecule has 0 heterocycles. The molecule has 0 spiro atoms. The van der Waals surface area contributed by atoms with E-state index in [9.17, 15) is 13.2 Å². The molecule has 0 fully saturated rings. The molecule has 6 nitrogen and oxygen atoms in total. The van der Waals surface area contributed by atoms with Crippen LogP contribution in [-0.4, -0.2) is 51.1 Å². The Bertz CT molecular complexity index is 599. The Morgan fingerprint density at radius 2 is 1.95 bits per heavy atom. The Morgan fingerprint density at radius 1 is 1.32 bits per heavy atom. The summed E-state index contributed by atoms with van der Waals surface area (Å²) in [5.74, 6) is 0.406. The largest absolute Gasteiger partial charge is 0.496 e. The van der Waals surface area contributed by atoms with Gasteiger partial charge < -0.3 is 10.1 Å². The molecule has 0 bridgehead atoms. The summed E-state index contributed by atoms with van der Waals surface area (Å²) >= 11 is 0. The number of ether oxygens (including phenoxy) is 1. The first-order valence-corrected chi connectivity index (χ1v) is 8.95. The van der Waals surface area contributed by atoms with Gasteiger partial charge in [0.1, 0.15) is 5.75 Å². The number of para-hydroxylation sites is 1. The first-order valence-electron chi connectivity index (χ1n) is 7.10. The lowest BCUT2D eigenvalue weighted by molar-refractivity contribution is -0.121. The number of hydrogen-bond donors (Lipinski definition) is 1. The van der Waals surface area contributed by atoms with Crippen LogP contribution in [0.2, 0.25) is 0 Å². The second-order valence-electron chi connectivity index (χ2n) is 5.38. The lowest BCUT2D eigenvalue weighted by Crippen LogP contribution is -2.43. The van der Waals surface area contributed by atoms with Crippen molar-refractivity contribution < 1.29 is 17.9 Å². The number of hydrogen-bond acceptors (Lipinski definition) is 4. The molecular weight excluding hydrogens is 304 g/mol. The van der Waals surface area contributed by atoms with Gasteiger partial charge in [-0.2, -0.15) is 4.31 Å². The quantitative estimate of drug-likeness (QED) is 0.773. The van der Waals surface area contributed by atoms with Gasteiger partial charge in [0.05, 0.1) is 19.9 Å². The van der Waals surface area contributed by atoms with Crippen LogP contribution in [0.4, 0.5) is 0 Å². The fraction of sp³-hybridized carbons (Fsp3) is 0.533. The average molecular weight is 328 g/mol. The topological polar surface area (TPSA) is 75.7 Å². The summed E-state index contributed by atoms with van der Waals surface area (Å²) in [6, 6.07) is 7.41. The maximum absolute atomic E-state index is 11.8. The summed E-state index contributed by atoms with van der Waals surface area (Å²) in [5.41, 5.74) is 0.905. The molecule has 0 aliphatic carbocycles. The minimum Gasteiger partial charge on any atom is -0.496 e. The Kier molecular flexibility index (Phi) is 6.83. The van der Waals surface area contributed by atoms with Crippen LogP contribution in [0.15, 0.2) is 24.3 Å². The predicted octanol–water partition coefficient (Wildman–Crippen LogP) is 1.02. The highest BCUT2D eigenvalue weighted by Crippen LogP contribution is 2.18. The number of amides is 1. The molecule has 0 atom stereocenters. The third-order valence-corrected chi connectivity index (χ3v) is 4.31. The van der Waals surface area contributed by atoms with E-state index in [1.165, 1.54) is 4.31 Å². The van der Waals surface area contributed by atoms with Crippen LogP contribution in [-0.2, 0) is 21.2 Å². The maximum atomic E-state index is 11.8. The monoisotopic (exact) mass is 328 g/mol. The molecule has 1 N–H and O–H groups in total.